The largest absolute Gasteiger partial charge is 0.355 e. The number of fused-ring (bicyclic) bond motifs is 5. The van der Waals surface area contributed by atoms with E-state index in [0.29, 0.717) is 30.6 Å². The van der Waals surface area contributed by atoms with Crippen LogP contribution in [0.25, 0.3) is 0 Å². The Labute approximate surface area is 174 Å². The highest BCUT2D eigenvalue weighted by Gasteiger charge is 2.63. The van der Waals surface area contributed by atoms with Crippen LogP contribution in [0.4, 0.5) is 4.39 Å². The quantitative estimate of drug-likeness (QED) is 0.762. The second-order valence-electron chi connectivity index (χ2n) is 11.0. The van der Waals surface area contributed by atoms with Crippen LogP contribution in [0.3, 0.4) is 0 Å². The van der Waals surface area contributed by atoms with Gasteiger partial charge in [0.15, 0.2) is 0 Å². The van der Waals surface area contributed by atoms with Crippen LogP contribution in [0.2, 0.25) is 0 Å². The van der Waals surface area contributed by atoms with E-state index in [4.69, 9.17) is 9.73 Å². The van der Waals surface area contributed by atoms with Crippen molar-refractivity contribution in [2.75, 3.05) is 19.8 Å². The second kappa shape index (κ2) is 7.40. The fraction of sp³-hybridized carbons (Fsp3) is 0.917. The fourth-order valence-corrected chi connectivity index (χ4v) is 7.99. The molecule has 1 heterocycles. The zero-order valence-electron chi connectivity index (χ0n) is 18.1. The van der Waals surface area contributed by atoms with E-state index in [1.807, 2.05) is 0 Å². The smallest absolute Gasteiger partial charge is 0.142 e. The van der Waals surface area contributed by atoms with Crippen molar-refractivity contribution in [3.05, 3.63) is 0 Å². The first-order chi connectivity index (χ1) is 13.9. The zero-order valence-corrected chi connectivity index (χ0v) is 18.1. The molecule has 0 aromatic carbocycles. The third-order valence-corrected chi connectivity index (χ3v) is 9.77. The molecule has 1 N–H and O–H groups in total. The molecule has 0 aromatic rings. The number of Topliss-reactive ketones (excluding diaryl/α,β-unsaturated/α-hetero) is 1. The lowest BCUT2D eigenvalue weighted by Crippen LogP contribution is -2.54. The maximum atomic E-state index is 14.9. The molecule has 8 atom stereocenters. The molecule has 4 saturated carbocycles. The summed E-state index contributed by atoms with van der Waals surface area (Å²) >= 11 is 0. The van der Waals surface area contributed by atoms with Gasteiger partial charge < -0.3 is 10.1 Å². The Balaban J connectivity index is 1.27. The highest BCUT2D eigenvalue weighted by molar-refractivity contribution is 5.88. The van der Waals surface area contributed by atoms with Crippen LogP contribution < -0.4 is 5.32 Å². The lowest BCUT2D eigenvalue weighted by molar-refractivity contribution is -0.138. The van der Waals surface area contributed by atoms with Crippen LogP contribution in [0.1, 0.15) is 71.6 Å². The van der Waals surface area contributed by atoms with Crippen LogP contribution in [0.5, 0.6) is 0 Å². The van der Waals surface area contributed by atoms with Gasteiger partial charge in [-0.1, -0.05) is 13.8 Å². The number of alkyl halides is 1. The number of aliphatic imine (C=N–C) groups is 1. The van der Waals surface area contributed by atoms with Crippen molar-refractivity contribution in [3.8, 4) is 0 Å². The van der Waals surface area contributed by atoms with Gasteiger partial charge in [-0.05, 0) is 81.1 Å². The summed E-state index contributed by atoms with van der Waals surface area (Å²) in [6, 6.07) is 0. The number of nitrogens with one attached hydrogen (secondary N) is 1. The number of carbonyl (C=O) groups excluding carboxylic acids is 1. The van der Waals surface area contributed by atoms with E-state index >= 15 is 0 Å². The highest BCUT2D eigenvalue weighted by Crippen LogP contribution is 2.65. The molecular formula is C24H37FN2O2. The van der Waals surface area contributed by atoms with E-state index in [1.165, 1.54) is 5.71 Å². The molecule has 0 spiro atoms. The minimum Gasteiger partial charge on any atom is -0.355 e. The van der Waals surface area contributed by atoms with Crippen LogP contribution in [0, 0.1) is 34.5 Å². The van der Waals surface area contributed by atoms with E-state index < -0.39 is 11.6 Å². The Hall–Kier alpha value is -0.810. The van der Waals surface area contributed by atoms with Crippen LogP contribution in [0.15, 0.2) is 4.99 Å². The van der Waals surface area contributed by atoms with Gasteiger partial charge in [0.2, 0.25) is 0 Å². The number of hydrogen-bond acceptors (Lipinski definition) is 4. The summed E-state index contributed by atoms with van der Waals surface area (Å²) in [5.41, 5.74) is 1.22. The van der Waals surface area contributed by atoms with Crippen molar-refractivity contribution in [1.29, 1.82) is 0 Å². The molecule has 0 bridgehead atoms. The Bertz CT molecular complexity index is 690. The predicted octanol–water partition coefficient (Wildman–Crippen LogP) is 4.32. The molecule has 162 valence electrons. The van der Waals surface area contributed by atoms with Gasteiger partial charge in [-0.25, -0.2) is 4.39 Å². The van der Waals surface area contributed by atoms with E-state index in [-0.39, 0.29) is 23.5 Å². The summed E-state index contributed by atoms with van der Waals surface area (Å²) in [6.07, 6.45) is 8.23. The van der Waals surface area contributed by atoms with Gasteiger partial charge in [0.1, 0.15) is 18.7 Å². The van der Waals surface area contributed by atoms with Crippen LogP contribution in [-0.4, -0.2) is 43.6 Å². The SMILES string of the molecule is C[C@]12CCC(=NCOC3CCNC3)CC1CCC1C2CC[C@]2(C)C(=O)CC(F)C12. The molecule has 1 saturated heterocycles. The summed E-state index contributed by atoms with van der Waals surface area (Å²) in [4.78, 5) is 17.4. The van der Waals surface area contributed by atoms with Gasteiger partial charge in [-0.15, -0.1) is 0 Å². The van der Waals surface area contributed by atoms with Gasteiger partial charge in [0.05, 0.1) is 6.10 Å². The Kier molecular flexibility index (Phi) is 5.13. The minimum atomic E-state index is -0.914. The molecule has 0 radical (unpaired) electrons. The highest BCUT2D eigenvalue weighted by atomic mass is 19.1. The number of carbonyl (C=O) groups is 1. The molecule has 5 rings (SSSR count). The monoisotopic (exact) mass is 404 g/mol. The number of rotatable bonds is 3. The first-order valence-electron chi connectivity index (χ1n) is 11.9. The summed E-state index contributed by atoms with van der Waals surface area (Å²) in [7, 11) is 0. The van der Waals surface area contributed by atoms with Gasteiger partial charge >= 0.3 is 0 Å². The van der Waals surface area contributed by atoms with Gasteiger partial charge in [0, 0.05) is 30.0 Å². The Morgan fingerprint density at radius 2 is 2.03 bits per heavy atom. The summed E-state index contributed by atoms with van der Waals surface area (Å²) in [5.74, 6) is 1.79. The molecule has 5 heteroatoms. The van der Waals surface area contributed by atoms with E-state index in [0.717, 1.165) is 64.5 Å². The van der Waals surface area contributed by atoms with Gasteiger partial charge in [0.25, 0.3) is 0 Å². The first-order valence-corrected chi connectivity index (χ1v) is 11.9. The third kappa shape index (κ3) is 3.22. The van der Waals surface area contributed by atoms with Gasteiger partial charge in [-0.3, -0.25) is 9.79 Å². The average Bonchev–Trinajstić information content (AvgIpc) is 3.28. The summed E-state index contributed by atoms with van der Waals surface area (Å²) in [5, 5.41) is 3.33. The summed E-state index contributed by atoms with van der Waals surface area (Å²) in [6.45, 7) is 7.04. The molecule has 1 aliphatic heterocycles. The van der Waals surface area contributed by atoms with Crippen LogP contribution >= 0.6 is 0 Å². The standard InChI is InChI=1S/C24H37FN2O2/c1-23-8-5-16(27-14-29-17-7-10-26-13-17)11-15(23)3-4-18-19(23)6-9-24(2)21(28)12-20(25)22(18)24/h15,17-20,22,26H,3-14H2,1-2H3/t15?,17?,18?,19?,20?,22?,23-,24+/m0/s1. The number of ether oxygens (including phenoxy) is 1. The van der Waals surface area contributed by atoms with Crippen molar-refractivity contribution >= 4 is 11.5 Å². The molecule has 4 nitrogen and oxygen atoms in total. The molecular weight excluding hydrogens is 367 g/mol. The normalized spacial score (nSPS) is 51.0. The summed E-state index contributed by atoms with van der Waals surface area (Å²) < 4.78 is 20.9. The average molecular weight is 405 g/mol. The van der Waals surface area contributed by atoms with Crippen molar-refractivity contribution in [3.63, 3.8) is 0 Å². The van der Waals surface area contributed by atoms with E-state index in [1.54, 1.807) is 0 Å². The number of ketones is 1. The predicted molar refractivity (Wildman–Crippen MR) is 112 cm³/mol. The van der Waals surface area contributed by atoms with Crippen molar-refractivity contribution in [1.82, 2.24) is 5.32 Å². The molecule has 4 aliphatic carbocycles. The Morgan fingerprint density at radius 1 is 1.17 bits per heavy atom. The van der Waals surface area contributed by atoms with Crippen LogP contribution in [-0.2, 0) is 9.53 Å². The lowest BCUT2D eigenvalue weighted by atomic mass is 9.45. The zero-order chi connectivity index (χ0) is 20.2. The van der Waals surface area contributed by atoms with Gasteiger partial charge in [-0.2, -0.15) is 0 Å². The molecule has 6 unspecified atom stereocenters. The number of hydrogen-bond donors (Lipinski definition) is 1. The lowest BCUT2D eigenvalue weighted by Gasteiger charge is -2.59. The van der Waals surface area contributed by atoms with E-state index in [2.05, 4.69) is 19.2 Å². The van der Waals surface area contributed by atoms with Crippen molar-refractivity contribution in [2.45, 2.75) is 83.9 Å². The maximum Gasteiger partial charge on any atom is 0.142 e. The minimum absolute atomic E-state index is 0.0324. The molecule has 29 heavy (non-hydrogen) atoms. The van der Waals surface area contributed by atoms with E-state index in [9.17, 15) is 9.18 Å². The Morgan fingerprint density at radius 3 is 2.83 bits per heavy atom. The molecule has 0 aromatic heterocycles. The molecule has 5 aliphatic rings. The topological polar surface area (TPSA) is 50.7 Å². The number of nitrogens with zero attached hydrogens (tertiary/aromatic N) is 1. The van der Waals surface area contributed by atoms with Crippen molar-refractivity contribution < 1.29 is 13.9 Å². The maximum absolute atomic E-state index is 14.9. The molecule has 5 fully saturated rings. The number of halogens is 1. The van der Waals surface area contributed by atoms with Crippen molar-refractivity contribution in [2.24, 2.45) is 39.5 Å². The first kappa shape index (κ1) is 20.1. The fourth-order valence-electron chi connectivity index (χ4n) is 7.99. The second-order valence-corrected chi connectivity index (χ2v) is 11.0. The molecule has 0 amide bonds. The third-order valence-electron chi connectivity index (χ3n) is 9.77.